The first-order chi connectivity index (χ1) is 8.62. The van der Waals surface area contributed by atoms with Gasteiger partial charge in [-0.1, -0.05) is 17.7 Å². The molecule has 96 valence electrons. The lowest BCUT2D eigenvalue weighted by molar-refractivity contribution is -0.256. The minimum atomic E-state index is -0.544. The first kappa shape index (κ1) is 14.5. The average molecular weight is 269 g/mol. The number of hydrogen-bond acceptors (Lipinski definition) is 5. The maximum Gasteiger partial charge on any atom is 0.359 e. The normalized spacial score (nSPS) is 11.7. The summed E-state index contributed by atoms with van der Waals surface area (Å²) in [6, 6.07) is 6.48. The molecule has 1 N–H and O–H groups in total. The van der Waals surface area contributed by atoms with E-state index in [1.807, 2.05) is 6.07 Å². The van der Waals surface area contributed by atoms with Crippen LogP contribution in [0.4, 0.5) is 0 Å². The quantitative estimate of drug-likeness (QED) is 0.646. The van der Waals surface area contributed by atoms with Crippen molar-refractivity contribution in [3.63, 3.8) is 0 Å². The van der Waals surface area contributed by atoms with Crippen LogP contribution in [0.3, 0.4) is 0 Å². The first-order valence-corrected chi connectivity index (χ1v) is 5.60. The molecule has 0 saturated carbocycles. The second kappa shape index (κ2) is 6.97. The Hall–Kier alpha value is -1.61. The third kappa shape index (κ3) is 3.70. The fourth-order valence-electron chi connectivity index (χ4n) is 1.46. The van der Waals surface area contributed by atoms with Gasteiger partial charge < -0.3 is 5.32 Å². The van der Waals surface area contributed by atoms with Gasteiger partial charge in [0.2, 0.25) is 0 Å². The number of benzene rings is 1. The van der Waals surface area contributed by atoms with Crippen molar-refractivity contribution in [3.8, 4) is 6.07 Å². The molecule has 0 saturated heterocycles. The largest absolute Gasteiger partial charge is 0.359 e. The SMILES string of the molecule is CN[C@@H](Cc1ccc(Cl)c(C#N)c1)C(=O)OOC. The summed E-state index contributed by atoms with van der Waals surface area (Å²) < 4.78 is 0. The standard InChI is InChI=1S/C12H13ClN2O3/c1-15-11(12(16)18-17-2)6-8-3-4-10(13)9(5-8)7-14/h3-5,11,15H,6H2,1-2H3/t11-/m0/s1. The minimum Gasteiger partial charge on any atom is -0.307 e. The zero-order valence-electron chi connectivity index (χ0n) is 10.1. The van der Waals surface area contributed by atoms with E-state index in [2.05, 4.69) is 15.1 Å². The average Bonchev–Trinajstić information content (AvgIpc) is 2.37. The van der Waals surface area contributed by atoms with Gasteiger partial charge in [0.15, 0.2) is 0 Å². The number of hydrogen-bond donors (Lipinski definition) is 1. The summed E-state index contributed by atoms with van der Waals surface area (Å²) in [5.74, 6) is -0.520. The Morgan fingerprint density at radius 2 is 2.33 bits per heavy atom. The van der Waals surface area contributed by atoms with Gasteiger partial charge in [-0.3, -0.25) is 4.89 Å². The van der Waals surface area contributed by atoms with E-state index in [-0.39, 0.29) is 0 Å². The van der Waals surface area contributed by atoms with Gasteiger partial charge in [-0.15, -0.1) is 0 Å². The lowest BCUT2D eigenvalue weighted by Crippen LogP contribution is -2.37. The first-order valence-electron chi connectivity index (χ1n) is 5.22. The molecule has 6 heteroatoms. The van der Waals surface area contributed by atoms with Gasteiger partial charge in [-0.25, -0.2) is 4.79 Å². The van der Waals surface area contributed by atoms with E-state index in [1.54, 1.807) is 25.2 Å². The molecule has 0 radical (unpaired) electrons. The van der Waals surface area contributed by atoms with Crippen LogP contribution < -0.4 is 5.32 Å². The van der Waals surface area contributed by atoms with Gasteiger partial charge in [0.05, 0.1) is 17.7 Å². The van der Waals surface area contributed by atoms with Crippen molar-refractivity contribution < 1.29 is 14.6 Å². The Bertz CT molecular complexity index is 471. The van der Waals surface area contributed by atoms with Gasteiger partial charge in [-0.05, 0) is 31.2 Å². The molecule has 1 aromatic carbocycles. The summed E-state index contributed by atoms with van der Waals surface area (Å²) in [5.41, 5.74) is 1.19. The topological polar surface area (TPSA) is 71.4 Å². The number of likely N-dealkylation sites (N-methyl/N-ethyl adjacent to an activating group) is 1. The third-order valence-corrected chi connectivity index (χ3v) is 2.72. The molecule has 0 aliphatic carbocycles. The Morgan fingerprint density at radius 3 is 2.89 bits per heavy atom. The maximum absolute atomic E-state index is 11.5. The highest BCUT2D eigenvalue weighted by molar-refractivity contribution is 6.31. The van der Waals surface area contributed by atoms with Crippen molar-refractivity contribution in [2.24, 2.45) is 0 Å². The van der Waals surface area contributed by atoms with Crippen molar-refractivity contribution in [2.75, 3.05) is 14.2 Å². The van der Waals surface area contributed by atoms with Crippen LogP contribution in [0.15, 0.2) is 18.2 Å². The Labute approximate surface area is 110 Å². The van der Waals surface area contributed by atoms with E-state index in [0.29, 0.717) is 17.0 Å². The summed E-state index contributed by atoms with van der Waals surface area (Å²) in [4.78, 5) is 20.3. The van der Waals surface area contributed by atoms with E-state index >= 15 is 0 Å². The molecule has 0 fully saturated rings. The highest BCUT2D eigenvalue weighted by Gasteiger charge is 2.19. The van der Waals surface area contributed by atoms with Crippen LogP contribution in [-0.2, 0) is 21.0 Å². The molecule has 1 rings (SSSR count). The van der Waals surface area contributed by atoms with E-state index in [4.69, 9.17) is 16.9 Å². The summed E-state index contributed by atoms with van der Waals surface area (Å²) >= 11 is 5.83. The van der Waals surface area contributed by atoms with Crippen molar-refractivity contribution >= 4 is 17.6 Å². The van der Waals surface area contributed by atoms with Crippen molar-refractivity contribution in [1.82, 2.24) is 5.32 Å². The molecular weight excluding hydrogens is 256 g/mol. The van der Waals surface area contributed by atoms with Crippen molar-refractivity contribution in [1.29, 1.82) is 5.26 Å². The van der Waals surface area contributed by atoms with Crippen molar-refractivity contribution in [2.45, 2.75) is 12.5 Å². The summed E-state index contributed by atoms with van der Waals surface area (Å²) in [6.45, 7) is 0. The highest BCUT2D eigenvalue weighted by Crippen LogP contribution is 2.17. The lowest BCUT2D eigenvalue weighted by Gasteiger charge is -2.13. The van der Waals surface area contributed by atoms with E-state index in [0.717, 1.165) is 5.56 Å². The maximum atomic E-state index is 11.5. The minimum absolute atomic E-state index is 0.379. The van der Waals surface area contributed by atoms with Crippen LogP contribution >= 0.6 is 11.6 Å². The number of nitrogens with one attached hydrogen (secondary N) is 1. The van der Waals surface area contributed by atoms with Crippen LogP contribution in [-0.4, -0.2) is 26.2 Å². The number of carbonyl (C=O) groups is 1. The molecule has 0 spiro atoms. The lowest BCUT2D eigenvalue weighted by atomic mass is 10.0. The molecule has 0 aliphatic rings. The monoisotopic (exact) mass is 268 g/mol. The van der Waals surface area contributed by atoms with Crippen LogP contribution in [0.1, 0.15) is 11.1 Å². The van der Waals surface area contributed by atoms with Gasteiger partial charge in [-0.2, -0.15) is 10.1 Å². The van der Waals surface area contributed by atoms with Crippen LogP contribution in [0.2, 0.25) is 5.02 Å². The van der Waals surface area contributed by atoms with E-state index in [9.17, 15) is 4.79 Å². The number of nitriles is 1. The summed E-state index contributed by atoms with van der Waals surface area (Å²) in [6.07, 6.45) is 0.380. The molecule has 1 aromatic rings. The number of nitrogens with zero attached hydrogens (tertiary/aromatic N) is 1. The van der Waals surface area contributed by atoms with Gasteiger partial charge in [0, 0.05) is 0 Å². The number of rotatable bonds is 5. The van der Waals surface area contributed by atoms with Gasteiger partial charge in [0.25, 0.3) is 0 Å². The van der Waals surface area contributed by atoms with E-state index in [1.165, 1.54) is 7.11 Å². The van der Waals surface area contributed by atoms with Crippen LogP contribution in [0.5, 0.6) is 0 Å². The molecular formula is C12H13ClN2O3. The molecule has 18 heavy (non-hydrogen) atoms. The van der Waals surface area contributed by atoms with Crippen LogP contribution in [0.25, 0.3) is 0 Å². The zero-order valence-corrected chi connectivity index (χ0v) is 10.8. The highest BCUT2D eigenvalue weighted by atomic mass is 35.5. The molecule has 1 atom stereocenters. The second-order valence-corrected chi connectivity index (χ2v) is 3.95. The molecule has 0 aromatic heterocycles. The predicted octanol–water partition coefficient (Wildman–Crippen LogP) is 1.45. The molecule has 0 amide bonds. The Balaban J connectivity index is 2.82. The molecule has 0 unspecified atom stereocenters. The smallest absolute Gasteiger partial charge is 0.307 e. The van der Waals surface area contributed by atoms with Gasteiger partial charge in [0.1, 0.15) is 12.1 Å². The summed E-state index contributed by atoms with van der Waals surface area (Å²) in [7, 11) is 2.91. The molecule has 5 nitrogen and oxygen atoms in total. The fraction of sp³-hybridized carbons (Fsp3) is 0.333. The van der Waals surface area contributed by atoms with Crippen molar-refractivity contribution in [3.05, 3.63) is 34.3 Å². The number of carbonyl (C=O) groups excluding carboxylic acids is 1. The molecule has 0 bridgehead atoms. The predicted molar refractivity (Wildman–Crippen MR) is 65.8 cm³/mol. The van der Waals surface area contributed by atoms with Gasteiger partial charge >= 0.3 is 5.97 Å². The zero-order chi connectivity index (χ0) is 13.5. The Morgan fingerprint density at radius 1 is 1.61 bits per heavy atom. The fourth-order valence-corrected chi connectivity index (χ4v) is 1.62. The van der Waals surface area contributed by atoms with E-state index < -0.39 is 12.0 Å². The summed E-state index contributed by atoms with van der Waals surface area (Å²) in [5, 5.41) is 12.1. The number of halogens is 1. The molecule has 0 aliphatic heterocycles. The second-order valence-electron chi connectivity index (χ2n) is 3.54. The molecule has 0 heterocycles. The van der Waals surface area contributed by atoms with Crippen LogP contribution in [0, 0.1) is 11.3 Å². The third-order valence-electron chi connectivity index (χ3n) is 2.39. The Kier molecular flexibility index (Phi) is 5.59.